The highest BCUT2D eigenvalue weighted by atomic mass is 32.1. The molecule has 0 saturated heterocycles. The Labute approximate surface area is 89.1 Å². The van der Waals surface area contributed by atoms with Crippen molar-refractivity contribution in [1.82, 2.24) is 9.36 Å². The maximum absolute atomic E-state index is 4.46. The van der Waals surface area contributed by atoms with Crippen LogP contribution < -0.4 is 5.32 Å². The minimum Gasteiger partial charge on any atom is -0.357 e. The van der Waals surface area contributed by atoms with Crippen LogP contribution in [0.5, 0.6) is 0 Å². The van der Waals surface area contributed by atoms with Gasteiger partial charge in [-0.25, -0.2) is 4.98 Å². The third kappa shape index (κ3) is 2.44. The third-order valence-electron chi connectivity index (χ3n) is 2.48. The summed E-state index contributed by atoms with van der Waals surface area (Å²) in [5, 5.41) is 4.40. The standard InChI is InChI=1S/C10H17N3S/c1-6(2)4-9-12-10(14-13-9)11-8-5-7(8)3/h6-8H,4-5H2,1-3H3,(H,11,12,13). The van der Waals surface area contributed by atoms with Crippen LogP contribution >= 0.6 is 11.5 Å². The summed E-state index contributed by atoms with van der Waals surface area (Å²) in [4.78, 5) is 4.46. The molecule has 4 heteroatoms. The second-order valence-electron chi connectivity index (χ2n) is 4.58. The van der Waals surface area contributed by atoms with Crippen LogP contribution in [0.1, 0.15) is 33.0 Å². The van der Waals surface area contributed by atoms with E-state index in [0.29, 0.717) is 12.0 Å². The van der Waals surface area contributed by atoms with E-state index in [-0.39, 0.29) is 0 Å². The van der Waals surface area contributed by atoms with Crippen molar-refractivity contribution >= 4 is 16.7 Å². The Kier molecular flexibility index (Phi) is 2.72. The van der Waals surface area contributed by atoms with Crippen molar-refractivity contribution in [2.24, 2.45) is 11.8 Å². The van der Waals surface area contributed by atoms with Gasteiger partial charge >= 0.3 is 0 Å². The highest BCUT2D eigenvalue weighted by Crippen LogP contribution is 2.33. The van der Waals surface area contributed by atoms with Gasteiger partial charge in [0.25, 0.3) is 0 Å². The van der Waals surface area contributed by atoms with Gasteiger partial charge in [-0.05, 0) is 18.3 Å². The van der Waals surface area contributed by atoms with Gasteiger partial charge in [-0.15, -0.1) is 0 Å². The van der Waals surface area contributed by atoms with E-state index in [9.17, 15) is 0 Å². The molecule has 1 saturated carbocycles. The zero-order valence-electron chi connectivity index (χ0n) is 8.95. The predicted molar refractivity (Wildman–Crippen MR) is 59.6 cm³/mol. The lowest BCUT2D eigenvalue weighted by Gasteiger charge is -1.98. The van der Waals surface area contributed by atoms with Crippen molar-refractivity contribution < 1.29 is 0 Å². The lowest BCUT2D eigenvalue weighted by molar-refractivity contribution is 0.627. The lowest BCUT2D eigenvalue weighted by Crippen LogP contribution is -2.03. The Morgan fingerprint density at radius 2 is 2.29 bits per heavy atom. The van der Waals surface area contributed by atoms with E-state index >= 15 is 0 Å². The molecular formula is C10H17N3S. The summed E-state index contributed by atoms with van der Waals surface area (Å²) in [5.41, 5.74) is 0. The molecule has 1 aliphatic carbocycles. The predicted octanol–water partition coefficient (Wildman–Crippen LogP) is 2.56. The number of hydrogen-bond acceptors (Lipinski definition) is 4. The largest absolute Gasteiger partial charge is 0.357 e. The molecule has 1 fully saturated rings. The minimum absolute atomic E-state index is 0.636. The highest BCUT2D eigenvalue weighted by Gasteiger charge is 2.33. The molecule has 0 aromatic carbocycles. The second kappa shape index (κ2) is 3.85. The molecule has 2 atom stereocenters. The Hall–Kier alpha value is -0.640. The summed E-state index contributed by atoms with van der Waals surface area (Å²) in [5.74, 6) is 2.44. The zero-order valence-corrected chi connectivity index (χ0v) is 9.77. The highest BCUT2D eigenvalue weighted by molar-refractivity contribution is 7.09. The molecule has 14 heavy (non-hydrogen) atoms. The van der Waals surface area contributed by atoms with Gasteiger partial charge in [-0.1, -0.05) is 20.8 Å². The summed E-state index contributed by atoms with van der Waals surface area (Å²) < 4.78 is 4.33. The summed E-state index contributed by atoms with van der Waals surface area (Å²) in [6.45, 7) is 6.64. The molecule has 0 spiro atoms. The van der Waals surface area contributed by atoms with Crippen molar-refractivity contribution in [2.45, 2.75) is 39.7 Å². The maximum atomic E-state index is 4.46. The van der Waals surface area contributed by atoms with Crippen LogP contribution in [-0.4, -0.2) is 15.4 Å². The van der Waals surface area contributed by atoms with Crippen molar-refractivity contribution in [1.29, 1.82) is 0 Å². The topological polar surface area (TPSA) is 37.8 Å². The van der Waals surface area contributed by atoms with E-state index in [1.807, 2.05) is 0 Å². The fourth-order valence-electron chi connectivity index (χ4n) is 1.44. The molecule has 2 unspecified atom stereocenters. The van der Waals surface area contributed by atoms with Crippen molar-refractivity contribution in [3.8, 4) is 0 Å². The van der Waals surface area contributed by atoms with Gasteiger partial charge in [0, 0.05) is 24.0 Å². The molecule has 1 N–H and O–H groups in total. The maximum Gasteiger partial charge on any atom is 0.202 e. The average Bonchev–Trinajstić information content (AvgIpc) is 2.60. The molecule has 0 aliphatic heterocycles. The monoisotopic (exact) mass is 211 g/mol. The number of nitrogens with one attached hydrogen (secondary N) is 1. The van der Waals surface area contributed by atoms with Gasteiger partial charge in [0.1, 0.15) is 5.82 Å². The van der Waals surface area contributed by atoms with Crippen LogP contribution in [0.3, 0.4) is 0 Å². The first-order valence-corrected chi connectivity index (χ1v) is 6.01. The Morgan fingerprint density at radius 3 is 2.86 bits per heavy atom. The molecule has 2 rings (SSSR count). The number of hydrogen-bond donors (Lipinski definition) is 1. The molecular weight excluding hydrogens is 194 g/mol. The van der Waals surface area contributed by atoms with E-state index in [0.717, 1.165) is 23.3 Å². The smallest absolute Gasteiger partial charge is 0.202 e. The molecule has 0 bridgehead atoms. The van der Waals surface area contributed by atoms with Crippen LogP contribution in [-0.2, 0) is 6.42 Å². The average molecular weight is 211 g/mol. The molecule has 1 aromatic heterocycles. The van der Waals surface area contributed by atoms with Crippen molar-refractivity contribution in [3.63, 3.8) is 0 Å². The Bertz CT molecular complexity index is 308. The first kappa shape index (κ1) is 9.90. The van der Waals surface area contributed by atoms with Gasteiger partial charge < -0.3 is 5.32 Å². The lowest BCUT2D eigenvalue weighted by atomic mass is 10.1. The van der Waals surface area contributed by atoms with E-state index in [1.165, 1.54) is 18.0 Å². The van der Waals surface area contributed by atoms with Crippen LogP contribution in [0.25, 0.3) is 0 Å². The number of rotatable bonds is 4. The molecule has 0 radical (unpaired) electrons. The zero-order chi connectivity index (χ0) is 10.1. The van der Waals surface area contributed by atoms with Crippen LogP contribution in [0.2, 0.25) is 0 Å². The molecule has 1 heterocycles. The van der Waals surface area contributed by atoms with Gasteiger partial charge in [-0.3, -0.25) is 0 Å². The summed E-state index contributed by atoms with van der Waals surface area (Å²) in [7, 11) is 0. The SMILES string of the molecule is CC(C)Cc1nsc(NC2CC2C)n1. The number of anilines is 1. The van der Waals surface area contributed by atoms with Crippen LogP contribution in [0.4, 0.5) is 5.13 Å². The van der Waals surface area contributed by atoms with Crippen LogP contribution in [0.15, 0.2) is 0 Å². The summed E-state index contributed by atoms with van der Waals surface area (Å²) in [6.07, 6.45) is 2.26. The Balaban J connectivity index is 1.89. The first-order chi connectivity index (χ1) is 6.65. The summed E-state index contributed by atoms with van der Waals surface area (Å²) >= 11 is 1.49. The fraction of sp³-hybridized carbons (Fsp3) is 0.800. The van der Waals surface area contributed by atoms with Gasteiger partial charge in [0.05, 0.1) is 0 Å². The fourth-order valence-corrected chi connectivity index (χ4v) is 2.10. The Morgan fingerprint density at radius 1 is 1.57 bits per heavy atom. The van der Waals surface area contributed by atoms with E-state index < -0.39 is 0 Å². The molecule has 0 amide bonds. The molecule has 78 valence electrons. The minimum atomic E-state index is 0.636. The normalized spacial score (nSPS) is 25.4. The number of nitrogens with zero attached hydrogens (tertiary/aromatic N) is 2. The van der Waals surface area contributed by atoms with Gasteiger partial charge in [0.15, 0.2) is 0 Å². The molecule has 1 aromatic rings. The summed E-state index contributed by atoms with van der Waals surface area (Å²) in [6, 6.07) is 0.648. The number of aromatic nitrogens is 2. The van der Waals surface area contributed by atoms with Crippen molar-refractivity contribution in [2.75, 3.05) is 5.32 Å². The first-order valence-electron chi connectivity index (χ1n) is 5.24. The van der Waals surface area contributed by atoms with Gasteiger partial charge in [0.2, 0.25) is 5.13 Å². The molecule has 1 aliphatic rings. The van der Waals surface area contributed by atoms with Gasteiger partial charge in [-0.2, -0.15) is 4.37 Å². The second-order valence-corrected chi connectivity index (χ2v) is 5.33. The van der Waals surface area contributed by atoms with E-state index in [1.54, 1.807) is 0 Å². The third-order valence-corrected chi connectivity index (χ3v) is 3.16. The quantitative estimate of drug-likeness (QED) is 0.831. The van der Waals surface area contributed by atoms with E-state index in [2.05, 4.69) is 35.4 Å². The van der Waals surface area contributed by atoms with E-state index in [4.69, 9.17) is 0 Å². The van der Waals surface area contributed by atoms with Crippen molar-refractivity contribution in [3.05, 3.63) is 5.82 Å². The van der Waals surface area contributed by atoms with Crippen LogP contribution in [0, 0.1) is 11.8 Å². The molecule has 3 nitrogen and oxygen atoms in total.